The quantitative estimate of drug-likeness (QED) is 0.694. The minimum Gasteiger partial charge on any atom is -0.424 e. The summed E-state index contributed by atoms with van der Waals surface area (Å²) in [6, 6.07) is 13.3. The number of aromatic nitrogens is 2. The molecule has 3 aromatic rings. The molecule has 2 aromatic carbocycles. The number of hydrogen-bond acceptors (Lipinski definition) is 4. The molecule has 2 heterocycles. The highest BCUT2D eigenvalue weighted by Gasteiger charge is 2.31. The summed E-state index contributed by atoms with van der Waals surface area (Å²) in [5.41, 5.74) is 8.18. The Hall–Kier alpha value is -2.46. The van der Waals surface area contributed by atoms with Crippen molar-refractivity contribution in [1.29, 1.82) is 0 Å². The fourth-order valence-electron chi connectivity index (χ4n) is 4.10. The van der Waals surface area contributed by atoms with Crippen LogP contribution in [0.2, 0.25) is 0 Å². The molecule has 0 saturated carbocycles. The lowest BCUT2D eigenvalue weighted by Gasteiger charge is -2.35. The molecule has 0 saturated heterocycles. The Morgan fingerprint density at radius 1 is 1.00 bits per heavy atom. The second-order valence-corrected chi connectivity index (χ2v) is 7.43. The summed E-state index contributed by atoms with van der Waals surface area (Å²) in [6.07, 6.45) is 0.905. The van der Waals surface area contributed by atoms with Crippen molar-refractivity contribution in [3.05, 3.63) is 81.6 Å². The van der Waals surface area contributed by atoms with Crippen molar-refractivity contribution in [3.63, 3.8) is 0 Å². The van der Waals surface area contributed by atoms with Crippen molar-refractivity contribution in [3.8, 4) is 0 Å². The van der Waals surface area contributed by atoms with Crippen LogP contribution in [0.25, 0.3) is 0 Å². The molecule has 26 heavy (non-hydrogen) atoms. The molecule has 0 unspecified atom stereocenters. The van der Waals surface area contributed by atoms with Crippen LogP contribution in [0.3, 0.4) is 0 Å². The maximum atomic E-state index is 5.82. The molecule has 0 N–H and O–H groups in total. The van der Waals surface area contributed by atoms with Crippen molar-refractivity contribution in [2.75, 3.05) is 0 Å². The van der Waals surface area contributed by atoms with E-state index < -0.39 is 0 Å². The zero-order valence-electron chi connectivity index (χ0n) is 15.9. The van der Waals surface area contributed by atoms with Crippen LogP contribution in [0, 0.1) is 27.7 Å². The fourth-order valence-corrected chi connectivity index (χ4v) is 4.10. The first-order chi connectivity index (χ1) is 12.5. The van der Waals surface area contributed by atoms with Gasteiger partial charge in [-0.25, -0.2) is 0 Å². The molecule has 134 valence electrons. The van der Waals surface area contributed by atoms with Gasteiger partial charge >= 0.3 is 0 Å². The molecule has 0 amide bonds. The summed E-state index contributed by atoms with van der Waals surface area (Å²) in [6.45, 7) is 10.2. The van der Waals surface area contributed by atoms with Gasteiger partial charge in [-0.1, -0.05) is 42.0 Å². The van der Waals surface area contributed by atoms with Crippen molar-refractivity contribution in [1.82, 2.24) is 15.1 Å². The van der Waals surface area contributed by atoms with Crippen LogP contribution in [-0.4, -0.2) is 15.1 Å². The number of hydrogen-bond donors (Lipinski definition) is 0. The second kappa shape index (κ2) is 6.69. The average Bonchev–Trinajstić information content (AvgIpc) is 3.03. The van der Waals surface area contributed by atoms with Crippen LogP contribution in [-0.2, 0) is 19.5 Å². The molecule has 4 rings (SSSR count). The summed E-state index contributed by atoms with van der Waals surface area (Å²) < 4.78 is 5.82. The summed E-state index contributed by atoms with van der Waals surface area (Å²) in [5, 5.41) is 8.40. The highest BCUT2D eigenvalue weighted by molar-refractivity contribution is 5.38. The molecule has 1 aromatic heterocycles. The Balaban J connectivity index is 1.72. The second-order valence-electron chi connectivity index (χ2n) is 7.43. The van der Waals surface area contributed by atoms with Crippen LogP contribution in [0.5, 0.6) is 0 Å². The molecule has 0 aliphatic carbocycles. The van der Waals surface area contributed by atoms with Crippen LogP contribution in [0.4, 0.5) is 0 Å². The molecule has 1 aliphatic rings. The maximum Gasteiger partial charge on any atom is 0.233 e. The van der Waals surface area contributed by atoms with Gasteiger partial charge in [0.05, 0.1) is 6.04 Å². The number of fused-ring (bicyclic) bond motifs is 1. The molecule has 0 radical (unpaired) electrons. The first-order valence-corrected chi connectivity index (χ1v) is 9.19. The lowest BCUT2D eigenvalue weighted by atomic mass is 9.92. The average molecular weight is 347 g/mol. The van der Waals surface area contributed by atoms with E-state index in [0.29, 0.717) is 5.89 Å². The normalized spacial score (nSPS) is 17.3. The summed E-state index contributed by atoms with van der Waals surface area (Å²) in [5.74, 6) is 1.35. The molecule has 0 fully saturated rings. The summed E-state index contributed by atoms with van der Waals surface area (Å²) in [4.78, 5) is 2.47. The van der Waals surface area contributed by atoms with E-state index in [1.54, 1.807) is 0 Å². The van der Waals surface area contributed by atoms with Crippen LogP contribution in [0.15, 0.2) is 40.8 Å². The monoisotopic (exact) mass is 347 g/mol. The molecule has 1 aliphatic heterocycles. The molecule has 4 nitrogen and oxygen atoms in total. The predicted molar refractivity (Wildman–Crippen MR) is 102 cm³/mol. The molecule has 0 bridgehead atoms. The van der Waals surface area contributed by atoms with E-state index in [1.165, 1.54) is 33.4 Å². The molecular weight excluding hydrogens is 322 g/mol. The minimum atomic E-state index is 0.117. The Bertz CT molecular complexity index is 921. The van der Waals surface area contributed by atoms with E-state index in [0.717, 1.165) is 25.4 Å². The van der Waals surface area contributed by atoms with Crippen LogP contribution in [0.1, 0.15) is 51.2 Å². The van der Waals surface area contributed by atoms with Crippen molar-refractivity contribution >= 4 is 0 Å². The lowest BCUT2D eigenvalue weighted by Crippen LogP contribution is -2.34. The zero-order chi connectivity index (χ0) is 18.3. The minimum absolute atomic E-state index is 0.117. The zero-order valence-corrected chi connectivity index (χ0v) is 15.9. The number of aryl methyl sites for hydroxylation is 4. The smallest absolute Gasteiger partial charge is 0.233 e. The van der Waals surface area contributed by atoms with Gasteiger partial charge in [-0.2, -0.15) is 0 Å². The lowest BCUT2D eigenvalue weighted by molar-refractivity contribution is 0.137. The van der Waals surface area contributed by atoms with Crippen molar-refractivity contribution in [2.24, 2.45) is 0 Å². The summed E-state index contributed by atoms with van der Waals surface area (Å²) in [7, 11) is 0. The van der Waals surface area contributed by atoms with E-state index in [2.05, 4.69) is 72.3 Å². The SMILES string of the molecule is Cc1cc(C)c(CN2Cc3ccccc3C[C@H]2c2nnc(C)o2)c(C)c1. The standard InChI is InChI=1S/C22H25N3O/c1-14-9-15(2)20(16(3)10-14)13-25-12-19-8-6-5-7-18(19)11-21(25)22-24-23-17(4)26-22/h5-10,21H,11-13H2,1-4H3/t21-/m0/s1. The van der Waals surface area contributed by atoms with E-state index in [9.17, 15) is 0 Å². The van der Waals surface area contributed by atoms with Gasteiger partial charge in [-0.15, -0.1) is 10.2 Å². The molecule has 4 heteroatoms. The number of nitrogens with zero attached hydrogens (tertiary/aromatic N) is 3. The van der Waals surface area contributed by atoms with Crippen LogP contribution >= 0.6 is 0 Å². The Morgan fingerprint density at radius 2 is 1.69 bits per heavy atom. The highest BCUT2D eigenvalue weighted by Crippen LogP contribution is 2.34. The molecule has 0 spiro atoms. The van der Waals surface area contributed by atoms with Crippen LogP contribution < -0.4 is 0 Å². The Morgan fingerprint density at radius 3 is 2.35 bits per heavy atom. The Labute approximate surface area is 154 Å². The Kier molecular flexibility index (Phi) is 4.37. The van der Waals surface area contributed by atoms with E-state index >= 15 is 0 Å². The van der Waals surface area contributed by atoms with Gasteiger partial charge < -0.3 is 4.42 Å². The summed E-state index contributed by atoms with van der Waals surface area (Å²) >= 11 is 0. The van der Waals surface area contributed by atoms with Crippen molar-refractivity contribution < 1.29 is 4.42 Å². The molecular formula is C22H25N3O. The van der Waals surface area contributed by atoms with E-state index in [4.69, 9.17) is 4.42 Å². The fraction of sp³-hybridized carbons (Fsp3) is 0.364. The first kappa shape index (κ1) is 17.0. The van der Waals surface area contributed by atoms with Crippen molar-refractivity contribution in [2.45, 2.75) is 53.2 Å². The number of benzene rings is 2. The van der Waals surface area contributed by atoms with Gasteiger partial charge in [0.2, 0.25) is 11.8 Å². The highest BCUT2D eigenvalue weighted by atomic mass is 16.4. The third kappa shape index (κ3) is 3.17. The third-order valence-corrected chi connectivity index (χ3v) is 5.37. The maximum absolute atomic E-state index is 5.82. The van der Waals surface area contributed by atoms with E-state index in [1.807, 2.05) is 6.92 Å². The van der Waals surface area contributed by atoms with Gasteiger partial charge in [-0.05, 0) is 55.0 Å². The predicted octanol–water partition coefficient (Wildman–Crippen LogP) is 4.60. The van der Waals surface area contributed by atoms with Gasteiger partial charge in [0.1, 0.15) is 0 Å². The van der Waals surface area contributed by atoms with E-state index in [-0.39, 0.29) is 6.04 Å². The topological polar surface area (TPSA) is 42.2 Å². The first-order valence-electron chi connectivity index (χ1n) is 9.19. The van der Waals surface area contributed by atoms with Gasteiger partial charge in [-0.3, -0.25) is 4.90 Å². The van der Waals surface area contributed by atoms with Gasteiger partial charge in [0.15, 0.2) is 0 Å². The molecule has 1 atom stereocenters. The van der Waals surface area contributed by atoms with Gasteiger partial charge in [0, 0.05) is 20.0 Å². The number of rotatable bonds is 3. The largest absolute Gasteiger partial charge is 0.424 e. The van der Waals surface area contributed by atoms with Gasteiger partial charge in [0.25, 0.3) is 0 Å². The third-order valence-electron chi connectivity index (χ3n) is 5.37.